The number of halogens is 1. The van der Waals surface area contributed by atoms with Gasteiger partial charge in [-0.15, -0.1) is 0 Å². The van der Waals surface area contributed by atoms with E-state index < -0.39 is 17.7 Å². The number of amides is 1. The van der Waals surface area contributed by atoms with E-state index in [-0.39, 0.29) is 40.0 Å². The maximum atomic E-state index is 13.1. The maximum absolute atomic E-state index is 13.1. The van der Waals surface area contributed by atoms with Gasteiger partial charge in [0.2, 0.25) is 0 Å². The molecule has 0 saturated carbocycles. The molecular formula is C25H28ClNO7. The van der Waals surface area contributed by atoms with Crippen molar-refractivity contribution in [2.75, 3.05) is 34.0 Å². The highest BCUT2D eigenvalue weighted by atomic mass is 35.5. The lowest BCUT2D eigenvalue weighted by Crippen LogP contribution is -2.30. The molecule has 1 unspecified atom stereocenters. The topological polar surface area (TPSA) is 106 Å². The number of ether oxygens (including phenoxy) is 3. The van der Waals surface area contributed by atoms with E-state index in [9.17, 15) is 14.7 Å². The number of benzene rings is 2. The van der Waals surface area contributed by atoms with Gasteiger partial charge in [-0.2, -0.15) is 0 Å². The monoisotopic (exact) mass is 489 g/mol. The van der Waals surface area contributed by atoms with Crippen molar-refractivity contribution in [3.05, 3.63) is 58.1 Å². The highest BCUT2D eigenvalue weighted by Gasteiger charge is 2.46. The minimum absolute atomic E-state index is 0.00272. The van der Waals surface area contributed by atoms with Gasteiger partial charge in [0.1, 0.15) is 23.0 Å². The first-order chi connectivity index (χ1) is 16.4. The van der Waals surface area contributed by atoms with E-state index in [0.717, 1.165) is 0 Å². The summed E-state index contributed by atoms with van der Waals surface area (Å²) in [6, 6.07) is 9.11. The molecule has 0 radical (unpaired) electrons. The molecule has 1 fully saturated rings. The average molecular weight is 490 g/mol. The number of carbonyl (C=O) groups excluding carboxylic acids is 2. The van der Waals surface area contributed by atoms with Gasteiger partial charge >= 0.3 is 0 Å². The lowest BCUT2D eigenvalue weighted by molar-refractivity contribution is -0.139. The Morgan fingerprint density at radius 3 is 2.50 bits per heavy atom. The van der Waals surface area contributed by atoms with Gasteiger partial charge in [-0.25, -0.2) is 0 Å². The fraction of sp³-hybridized carbons (Fsp3) is 0.360. The van der Waals surface area contributed by atoms with Crippen LogP contribution in [0, 0.1) is 0 Å². The molecular weight excluding hydrogens is 462 g/mol. The van der Waals surface area contributed by atoms with Gasteiger partial charge in [-0.05, 0) is 30.2 Å². The first kappa shape index (κ1) is 25.4. The number of aliphatic hydroxyl groups is 2. The van der Waals surface area contributed by atoms with Crippen LogP contribution < -0.4 is 14.2 Å². The maximum Gasteiger partial charge on any atom is 0.295 e. The zero-order valence-electron chi connectivity index (χ0n) is 19.3. The summed E-state index contributed by atoms with van der Waals surface area (Å²) >= 11 is 6.19. The van der Waals surface area contributed by atoms with Gasteiger partial charge in [0, 0.05) is 25.6 Å². The fourth-order valence-corrected chi connectivity index (χ4v) is 4.15. The largest absolute Gasteiger partial charge is 0.507 e. The minimum atomic E-state index is -0.826. The molecule has 1 aliphatic heterocycles. The SMILES string of the molecule is CCCN1C(=O)C(=O)/C(=C(/O)c2cc(OC)c(Cl)cc2OC)C1c1cccc(OCCCO)c1. The van der Waals surface area contributed by atoms with Crippen molar-refractivity contribution >= 4 is 29.1 Å². The van der Waals surface area contributed by atoms with Crippen LogP contribution in [0.25, 0.3) is 5.76 Å². The number of likely N-dealkylation sites (tertiary alicyclic amines) is 1. The van der Waals surface area contributed by atoms with E-state index in [4.69, 9.17) is 30.9 Å². The molecule has 0 aromatic heterocycles. The number of nitrogens with zero attached hydrogens (tertiary/aromatic N) is 1. The third-order valence-electron chi connectivity index (χ3n) is 5.48. The van der Waals surface area contributed by atoms with Gasteiger partial charge in [0.05, 0.1) is 43.0 Å². The highest BCUT2D eigenvalue weighted by Crippen LogP contribution is 2.43. The quantitative estimate of drug-likeness (QED) is 0.225. The third-order valence-corrected chi connectivity index (χ3v) is 5.77. The van der Waals surface area contributed by atoms with E-state index in [1.807, 2.05) is 6.92 Å². The summed E-state index contributed by atoms with van der Waals surface area (Å²) in [5.41, 5.74) is 0.725. The Morgan fingerprint density at radius 2 is 1.85 bits per heavy atom. The number of rotatable bonds is 10. The third kappa shape index (κ3) is 4.98. The Kier molecular flexibility index (Phi) is 8.41. The van der Waals surface area contributed by atoms with Crippen molar-refractivity contribution in [2.24, 2.45) is 0 Å². The van der Waals surface area contributed by atoms with Crippen LogP contribution >= 0.6 is 11.6 Å². The number of ketones is 1. The van der Waals surface area contributed by atoms with Crippen LogP contribution in [0.4, 0.5) is 0 Å². The number of aliphatic hydroxyl groups excluding tert-OH is 2. The highest BCUT2D eigenvalue weighted by molar-refractivity contribution is 6.46. The first-order valence-electron chi connectivity index (χ1n) is 10.9. The Hall–Kier alpha value is -3.23. The Labute approximate surface area is 203 Å². The van der Waals surface area contributed by atoms with Gasteiger partial charge in [0.15, 0.2) is 0 Å². The van der Waals surface area contributed by atoms with Crippen LogP contribution in [0.3, 0.4) is 0 Å². The molecule has 0 aliphatic carbocycles. The molecule has 2 aromatic rings. The predicted molar refractivity (Wildman–Crippen MR) is 127 cm³/mol. The summed E-state index contributed by atoms with van der Waals surface area (Å²) in [7, 11) is 2.84. The summed E-state index contributed by atoms with van der Waals surface area (Å²) in [5, 5.41) is 20.6. The van der Waals surface area contributed by atoms with Crippen molar-refractivity contribution < 1.29 is 34.0 Å². The van der Waals surface area contributed by atoms with Crippen molar-refractivity contribution in [3.63, 3.8) is 0 Å². The number of methoxy groups -OCH3 is 2. The van der Waals surface area contributed by atoms with E-state index in [1.54, 1.807) is 24.3 Å². The van der Waals surface area contributed by atoms with Gasteiger partial charge in [-0.3, -0.25) is 9.59 Å². The zero-order valence-corrected chi connectivity index (χ0v) is 20.1. The van der Waals surface area contributed by atoms with Gasteiger partial charge in [-0.1, -0.05) is 30.7 Å². The van der Waals surface area contributed by atoms with Crippen LogP contribution in [0.15, 0.2) is 42.0 Å². The smallest absolute Gasteiger partial charge is 0.295 e. The summed E-state index contributed by atoms with van der Waals surface area (Å²) in [6.45, 7) is 2.54. The molecule has 182 valence electrons. The normalized spacial score (nSPS) is 17.2. The van der Waals surface area contributed by atoms with Crippen molar-refractivity contribution in [1.29, 1.82) is 0 Å². The number of hydrogen-bond donors (Lipinski definition) is 2. The second kappa shape index (κ2) is 11.3. The number of carbonyl (C=O) groups is 2. The molecule has 34 heavy (non-hydrogen) atoms. The molecule has 1 amide bonds. The number of Topliss-reactive ketones (excluding diaryl/α,β-unsaturated/α-hetero) is 1. The van der Waals surface area contributed by atoms with Crippen molar-refractivity contribution in [1.82, 2.24) is 4.90 Å². The minimum Gasteiger partial charge on any atom is -0.507 e. The second-order valence-corrected chi connectivity index (χ2v) is 8.08. The summed E-state index contributed by atoms with van der Waals surface area (Å²) in [4.78, 5) is 27.5. The van der Waals surface area contributed by atoms with Crippen LogP contribution in [0.2, 0.25) is 5.02 Å². The summed E-state index contributed by atoms with van der Waals surface area (Å²) in [5.74, 6) is -0.843. The number of hydrogen-bond acceptors (Lipinski definition) is 7. The molecule has 0 bridgehead atoms. The van der Waals surface area contributed by atoms with Crippen LogP contribution in [0.5, 0.6) is 17.2 Å². The molecule has 1 aliphatic rings. The molecule has 1 atom stereocenters. The zero-order chi connectivity index (χ0) is 24.8. The standard InChI is InChI=1S/C25H28ClNO7/c1-4-9-27-22(15-7-5-8-16(12-15)34-11-6-10-28)21(24(30)25(27)31)23(29)17-13-20(33-3)18(26)14-19(17)32-2/h5,7-8,12-14,22,28-29H,4,6,9-11H2,1-3H3/b23-21+. The molecule has 9 heteroatoms. The van der Waals surface area contributed by atoms with Crippen molar-refractivity contribution in [2.45, 2.75) is 25.8 Å². The predicted octanol–water partition coefficient (Wildman–Crippen LogP) is 3.95. The van der Waals surface area contributed by atoms with Crippen LogP contribution in [-0.2, 0) is 9.59 Å². The van der Waals surface area contributed by atoms with Crippen LogP contribution in [-0.4, -0.2) is 60.8 Å². The molecule has 0 spiro atoms. The van der Waals surface area contributed by atoms with E-state index in [0.29, 0.717) is 37.3 Å². The molecule has 2 N–H and O–H groups in total. The average Bonchev–Trinajstić information content (AvgIpc) is 3.09. The molecule has 8 nitrogen and oxygen atoms in total. The van der Waals surface area contributed by atoms with Gasteiger partial charge in [0.25, 0.3) is 11.7 Å². The summed E-state index contributed by atoms with van der Waals surface area (Å²) < 4.78 is 16.3. The fourth-order valence-electron chi connectivity index (χ4n) is 3.92. The van der Waals surface area contributed by atoms with Crippen LogP contribution in [0.1, 0.15) is 36.9 Å². The Morgan fingerprint density at radius 1 is 1.12 bits per heavy atom. The molecule has 2 aromatic carbocycles. The molecule has 1 saturated heterocycles. The van der Waals surface area contributed by atoms with E-state index in [2.05, 4.69) is 0 Å². The second-order valence-electron chi connectivity index (χ2n) is 7.68. The molecule has 1 heterocycles. The first-order valence-corrected chi connectivity index (χ1v) is 11.3. The Bertz CT molecular complexity index is 1100. The molecule has 3 rings (SSSR count). The van der Waals surface area contributed by atoms with Gasteiger partial charge < -0.3 is 29.3 Å². The summed E-state index contributed by atoms with van der Waals surface area (Å²) in [6.07, 6.45) is 1.09. The van der Waals surface area contributed by atoms with E-state index in [1.165, 1.54) is 31.3 Å². The van der Waals surface area contributed by atoms with E-state index >= 15 is 0 Å². The van der Waals surface area contributed by atoms with Crippen molar-refractivity contribution in [3.8, 4) is 17.2 Å². The lowest BCUT2D eigenvalue weighted by Gasteiger charge is -2.25. The lowest BCUT2D eigenvalue weighted by atomic mass is 9.94. The Balaban J connectivity index is 2.18.